The summed E-state index contributed by atoms with van der Waals surface area (Å²) < 4.78 is 0. The third-order valence-electron chi connectivity index (χ3n) is 4.22. The van der Waals surface area contributed by atoms with Crippen LogP contribution in [-0.4, -0.2) is 28.9 Å². The smallest absolute Gasteiger partial charge is 0.256 e. The van der Waals surface area contributed by atoms with Crippen LogP contribution in [0.4, 0.5) is 0 Å². The molecule has 2 rings (SSSR count). The second-order valence-corrected chi connectivity index (χ2v) is 7.03. The lowest BCUT2D eigenvalue weighted by atomic mass is 9.75. The van der Waals surface area contributed by atoms with Crippen molar-refractivity contribution in [3.8, 4) is 0 Å². The molecule has 0 unspecified atom stereocenters. The first-order valence-corrected chi connectivity index (χ1v) is 7.65. The van der Waals surface area contributed by atoms with E-state index >= 15 is 0 Å². The quantitative estimate of drug-likeness (QED) is 0.757. The lowest BCUT2D eigenvalue weighted by molar-refractivity contribution is 0.0635. The van der Waals surface area contributed by atoms with E-state index in [1.54, 1.807) is 17.0 Å². The van der Waals surface area contributed by atoms with Crippen LogP contribution in [0.15, 0.2) is 12.1 Å². The van der Waals surface area contributed by atoms with Gasteiger partial charge in [-0.1, -0.05) is 37.0 Å². The average molecular weight is 315 g/mol. The molecule has 110 valence electrons. The predicted molar refractivity (Wildman–Crippen MR) is 82.4 cm³/mol. The van der Waals surface area contributed by atoms with Crippen LogP contribution >= 0.6 is 23.2 Å². The number of hydrogen-bond acceptors (Lipinski definition) is 2. The van der Waals surface area contributed by atoms with E-state index in [0.29, 0.717) is 16.1 Å². The Labute approximate surface area is 130 Å². The fraction of sp³-hybridized carbons (Fsp3) is 0.600. The van der Waals surface area contributed by atoms with Gasteiger partial charge in [0, 0.05) is 13.1 Å². The first-order chi connectivity index (χ1) is 9.30. The van der Waals surface area contributed by atoms with E-state index in [1.807, 2.05) is 7.05 Å². The number of pyridine rings is 1. The maximum Gasteiger partial charge on any atom is 0.256 e. The largest absolute Gasteiger partial charge is 0.339 e. The number of carbonyl (C=O) groups is 1. The Morgan fingerprint density at radius 2 is 1.90 bits per heavy atom. The number of rotatable bonds is 2. The third kappa shape index (κ3) is 3.44. The van der Waals surface area contributed by atoms with Crippen LogP contribution in [0, 0.1) is 5.41 Å². The number of hydrogen-bond donors (Lipinski definition) is 0. The van der Waals surface area contributed by atoms with Crippen LogP contribution in [0.25, 0.3) is 0 Å². The zero-order chi connectivity index (χ0) is 14.9. The number of nitrogens with zero attached hydrogens (tertiary/aromatic N) is 2. The van der Waals surface area contributed by atoms with E-state index in [2.05, 4.69) is 18.8 Å². The van der Waals surface area contributed by atoms with Gasteiger partial charge in [0.25, 0.3) is 5.91 Å². The minimum Gasteiger partial charge on any atom is -0.339 e. The van der Waals surface area contributed by atoms with Gasteiger partial charge in [0.05, 0.1) is 5.56 Å². The zero-order valence-electron chi connectivity index (χ0n) is 12.1. The molecule has 1 aliphatic carbocycles. The number of halogens is 2. The van der Waals surface area contributed by atoms with Gasteiger partial charge in [-0.05, 0) is 43.2 Å². The summed E-state index contributed by atoms with van der Waals surface area (Å²) in [5.74, 6) is -0.0797. The normalized spacial score (nSPS) is 18.9. The molecule has 0 atom stereocenters. The average Bonchev–Trinajstić information content (AvgIpc) is 2.37. The molecule has 1 aliphatic rings. The Kier molecular flexibility index (Phi) is 4.60. The Morgan fingerprint density at radius 3 is 2.45 bits per heavy atom. The molecule has 3 nitrogen and oxygen atoms in total. The van der Waals surface area contributed by atoms with Crippen LogP contribution in [0.5, 0.6) is 0 Å². The van der Waals surface area contributed by atoms with Gasteiger partial charge < -0.3 is 4.90 Å². The second-order valence-electron chi connectivity index (χ2n) is 6.28. The SMILES string of the molecule is CN(C(=O)c1ccc(Cl)nc1Cl)C1CCC(C)(C)CC1. The Morgan fingerprint density at radius 1 is 1.30 bits per heavy atom. The molecule has 0 aliphatic heterocycles. The van der Waals surface area contributed by atoms with Crippen LogP contribution in [0.2, 0.25) is 10.3 Å². The minimum absolute atomic E-state index is 0.0797. The van der Waals surface area contributed by atoms with Crippen LogP contribution in [0.1, 0.15) is 49.9 Å². The summed E-state index contributed by atoms with van der Waals surface area (Å²) in [6.07, 6.45) is 4.35. The summed E-state index contributed by atoms with van der Waals surface area (Å²) in [5.41, 5.74) is 0.809. The summed E-state index contributed by atoms with van der Waals surface area (Å²) in [7, 11) is 1.84. The predicted octanol–water partition coefficient (Wildman–Crippen LogP) is 4.43. The van der Waals surface area contributed by atoms with E-state index in [1.165, 1.54) is 0 Å². The maximum atomic E-state index is 12.5. The fourth-order valence-corrected chi connectivity index (χ4v) is 3.12. The summed E-state index contributed by atoms with van der Waals surface area (Å²) in [5, 5.41) is 0.471. The summed E-state index contributed by atoms with van der Waals surface area (Å²) in [4.78, 5) is 18.2. The molecule has 0 spiro atoms. The molecule has 1 aromatic rings. The van der Waals surface area contributed by atoms with E-state index in [4.69, 9.17) is 23.2 Å². The van der Waals surface area contributed by atoms with Crippen molar-refractivity contribution >= 4 is 29.1 Å². The van der Waals surface area contributed by atoms with Crippen molar-refractivity contribution in [1.82, 2.24) is 9.88 Å². The molecule has 1 heterocycles. The highest BCUT2D eigenvalue weighted by molar-refractivity contribution is 6.34. The van der Waals surface area contributed by atoms with Crippen molar-refractivity contribution in [1.29, 1.82) is 0 Å². The Hall–Kier alpha value is -0.800. The number of amides is 1. The molecule has 0 aromatic carbocycles. The molecular formula is C15H20Cl2N2O. The van der Waals surface area contributed by atoms with Crippen molar-refractivity contribution in [3.05, 3.63) is 28.0 Å². The monoisotopic (exact) mass is 314 g/mol. The van der Waals surface area contributed by atoms with Gasteiger partial charge in [0.15, 0.2) is 0 Å². The van der Waals surface area contributed by atoms with E-state index in [9.17, 15) is 4.79 Å². The highest BCUT2D eigenvalue weighted by atomic mass is 35.5. The molecule has 0 saturated heterocycles. The zero-order valence-corrected chi connectivity index (χ0v) is 13.6. The van der Waals surface area contributed by atoms with Gasteiger partial charge in [0.2, 0.25) is 0 Å². The van der Waals surface area contributed by atoms with Crippen molar-refractivity contribution in [2.24, 2.45) is 5.41 Å². The van der Waals surface area contributed by atoms with Gasteiger partial charge >= 0.3 is 0 Å². The van der Waals surface area contributed by atoms with Crippen LogP contribution < -0.4 is 0 Å². The first-order valence-electron chi connectivity index (χ1n) is 6.89. The highest BCUT2D eigenvalue weighted by Gasteiger charge is 2.31. The van der Waals surface area contributed by atoms with Crippen molar-refractivity contribution in [3.63, 3.8) is 0 Å². The van der Waals surface area contributed by atoms with Gasteiger partial charge in [-0.15, -0.1) is 0 Å². The van der Waals surface area contributed by atoms with Gasteiger partial charge in [-0.3, -0.25) is 4.79 Å². The first kappa shape index (κ1) is 15.6. The Bertz CT molecular complexity index is 507. The molecular weight excluding hydrogens is 295 g/mol. The molecule has 0 bridgehead atoms. The summed E-state index contributed by atoms with van der Waals surface area (Å²) >= 11 is 11.8. The lowest BCUT2D eigenvalue weighted by Crippen LogP contribution is -2.41. The van der Waals surface area contributed by atoms with Crippen LogP contribution in [-0.2, 0) is 0 Å². The standard InChI is InChI=1S/C15H20Cl2N2O/c1-15(2)8-6-10(7-9-15)19(3)14(20)11-4-5-12(16)18-13(11)17/h4-5,10H,6-9H2,1-3H3. The Balaban J connectivity index is 2.09. The molecule has 20 heavy (non-hydrogen) atoms. The molecule has 1 saturated carbocycles. The molecule has 0 N–H and O–H groups in total. The van der Waals surface area contributed by atoms with Gasteiger partial charge in [-0.2, -0.15) is 0 Å². The minimum atomic E-state index is -0.0797. The highest BCUT2D eigenvalue weighted by Crippen LogP contribution is 2.37. The van der Waals surface area contributed by atoms with E-state index in [-0.39, 0.29) is 17.1 Å². The molecule has 1 aromatic heterocycles. The van der Waals surface area contributed by atoms with Gasteiger partial charge in [0.1, 0.15) is 10.3 Å². The van der Waals surface area contributed by atoms with E-state index in [0.717, 1.165) is 25.7 Å². The van der Waals surface area contributed by atoms with E-state index < -0.39 is 0 Å². The maximum absolute atomic E-state index is 12.5. The molecule has 0 radical (unpaired) electrons. The fourth-order valence-electron chi connectivity index (χ4n) is 2.70. The van der Waals surface area contributed by atoms with Crippen molar-refractivity contribution in [2.75, 3.05) is 7.05 Å². The van der Waals surface area contributed by atoms with Gasteiger partial charge in [-0.25, -0.2) is 4.98 Å². The third-order valence-corrected chi connectivity index (χ3v) is 4.72. The molecule has 5 heteroatoms. The van der Waals surface area contributed by atoms with Crippen molar-refractivity contribution < 1.29 is 4.79 Å². The number of aromatic nitrogens is 1. The second kappa shape index (κ2) is 5.90. The summed E-state index contributed by atoms with van der Waals surface area (Å²) in [6, 6.07) is 3.52. The van der Waals surface area contributed by atoms with Crippen LogP contribution in [0.3, 0.4) is 0 Å². The number of carbonyl (C=O) groups excluding carboxylic acids is 1. The molecule has 1 fully saturated rings. The van der Waals surface area contributed by atoms with Crippen molar-refractivity contribution in [2.45, 2.75) is 45.6 Å². The topological polar surface area (TPSA) is 33.2 Å². The lowest BCUT2D eigenvalue weighted by Gasteiger charge is -2.38. The summed E-state index contributed by atoms with van der Waals surface area (Å²) in [6.45, 7) is 4.57. The molecule has 1 amide bonds.